The van der Waals surface area contributed by atoms with Crippen LogP contribution in [0, 0.1) is 6.92 Å². The minimum absolute atomic E-state index is 0.682. The summed E-state index contributed by atoms with van der Waals surface area (Å²) in [6.07, 6.45) is 5.64. The molecule has 1 aromatic carbocycles. The van der Waals surface area contributed by atoms with Gasteiger partial charge in [-0.05, 0) is 37.9 Å². The van der Waals surface area contributed by atoms with Gasteiger partial charge in [0, 0.05) is 11.8 Å². The van der Waals surface area contributed by atoms with Gasteiger partial charge in [-0.3, -0.25) is 4.40 Å². The quantitative estimate of drug-likeness (QED) is 0.435. The van der Waals surface area contributed by atoms with Gasteiger partial charge in [-0.25, -0.2) is 9.97 Å². The summed E-state index contributed by atoms with van der Waals surface area (Å²) in [5.74, 6) is 0.715. The molecule has 7 nitrogen and oxygen atoms in total. The van der Waals surface area contributed by atoms with Gasteiger partial charge in [0.2, 0.25) is 0 Å². The fourth-order valence-corrected chi connectivity index (χ4v) is 4.74. The van der Waals surface area contributed by atoms with Crippen molar-refractivity contribution in [1.82, 2.24) is 29.5 Å². The molecule has 5 aromatic rings. The molecule has 0 spiro atoms. The first kappa shape index (κ1) is 18.7. The van der Waals surface area contributed by atoms with Crippen molar-refractivity contribution in [2.75, 3.05) is 6.54 Å². The van der Waals surface area contributed by atoms with Crippen LogP contribution in [0.3, 0.4) is 0 Å². The predicted molar refractivity (Wildman–Crippen MR) is 119 cm³/mol. The van der Waals surface area contributed by atoms with Crippen LogP contribution in [-0.4, -0.2) is 36.1 Å². The third-order valence-corrected chi connectivity index (χ3v) is 6.10. The van der Waals surface area contributed by atoms with Gasteiger partial charge in [0.05, 0.1) is 11.4 Å². The van der Waals surface area contributed by atoms with Crippen molar-refractivity contribution in [1.29, 1.82) is 0 Å². The number of pyridine rings is 1. The molecule has 0 fully saturated rings. The molecule has 0 bridgehead atoms. The molecule has 4 aromatic heterocycles. The van der Waals surface area contributed by atoms with Crippen molar-refractivity contribution < 1.29 is 0 Å². The van der Waals surface area contributed by atoms with E-state index in [-0.39, 0.29) is 0 Å². The van der Waals surface area contributed by atoms with Gasteiger partial charge in [0.1, 0.15) is 27.6 Å². The average Bonchev–Trinajstić information content (AvgIpc) is 3.50. The van der Waals surface area contributed by atoms with Gasteiger partial charge in [-0.1, -0.05) is 36.4 Å². The predicted octanol–water partition coefficient (Wildman–Crippen LogP) is 4.11. The minimum Gasteiger partial charge on any atom is -0.330 e. The molecule has 0 unspecified atom stereocenters. The number of hydrogen-bond acceptors (Lipinski definition) is 6. The Hall–Kier alpha value is -3.36. The smallest absolute Gasteiger partial charge is 0.173 e. The lowest BCUT2D eigenvalue weighted by atomic mass is 10.1. The molecule has 8 heteroatoms. The molecule has 0 aliphatic carbocycles. The molecule has 150 valence electrons. The summed E-state index contributed by atoms with van der Waals surface area (Å²) >= 11 is 1.60. The summed E-state index contributed by atoms with van der Waals surface area (Å²) in [6, 6.07) is 14.3. The molecule has 4 heterocycles. The second-order valence-corrected chi connectivity index (χ2v) is 8.10. The van der Waals surface area contributed by atoms with Crippen LogP contribution in [0.5, 0.6) is 0 Å². The van der Waals surface area contributed by atoms with Crippen molar-refractivity contribution in [3.05, 3.63) is 66.2 Å². The van der Waals surface area contributed by atoms with Gasteiger partial charge in [-0.2, -0.15) is 0 Å². The van der Waals surface area contributed by atoms with Crippen LogP contribution >= 0.6 is 11.3 Å². The first-order chi connectivity index (χ1) is 14.7. The SMILES string of the molecule is Cc1nc2ccc(CCCN)cn2c1-c1nc(-c2ccccc2)c(-c2nnc[nH]2)s1. The number of hydrogen-bond donors (Lipinski definition) is 2. The standard InChI is InChI=1S/C22H21N7S/c1-14-19(29-12-15(6-5-11-23)9-10-17(29)26-14)22-27-18(16-7-3-2-4-8-16)20(30-22)21-24-13-25-28-21/h2-4,7-10,12-13H,5-6,11,23H2,1H3,(H,24,25,28). The van der Waals surface area contributed by atoms with E-state index >= 15 is 0 Å². The number of aromatic amines is 1. The number of nitrogens with zero attached hydrogens (tertiary/aromatic N) is 5. The molecule has 3 N–H and O–H groups in total. The Labute approximate surface area is 177 Å². The number of H-pyrrole nitrogens is 1. The Morgan fingerprint density at radius 2 is 1.97 bits per heavy atom. The Bertz CT molecular complexity index is 1290. The van der Waals surface area contributed by atoms with E-state index in [0.29, 0.717) is 12.4 Å². The van der Waals surface area contributed by atoms with E-state index in [4.69, 9.17) is 15.7 Å². The molecule has 30 heavy (non-hydrogen) atoms. The van der Waals surface area contributed by atoms with Gasteiger partial charge in [0.15, 0.2) is 5.82 Å². The van der Waals surface area contributed by atoms with E-state index in [1.54, 1.807) is 17.7 Å². The molecule has 0 saturated heterocycles. The highest BCUT2D eigenvalue weighted by Crippen LogP contribution is 2.40. The summed E-state index contributed by atoms with van der Waals surface area (Å²) in [7, 11) is 0. The van der Waals surface area contributed by atoms with Crippen molar-refractivity contribution in [2.24, 2.45) is 5.73 Å². The van der Waals surface area contributed by atoms with Crippen LogP contribution in [0.25, 0.3) is 38.3 Å². The van der Waals surface area contributed by atoms with E-state index in [0.717, 1.165) is 51.0 Å². The average molecular weight is 416 g/mol. The van der Waals surface area contributed by atoms with Gasteiger partial charge in [-0.15, -0.1) is 21.5 Å². The van der Waals surface area contributed by atoms with E-state index in [2.05, 4.69) is 50.0 Å². The monoisotopic (exact) mass is 415 g/mol. The second kappa shape index (κ2) is 7.81. The molecule has 0 radical (unpaired) electrons. The van der Waals surface area contributed by atoms with Gasteiger partial charge in [0.25, 0.3) is 0 Å². The molecule has 5 rings (SSSR count). The summed E-state index contributed by atoms with van der Waals surface area (Å²) < 4.78 is 2.14. The van der Waals surface area contributed by atoms with Crippen molar-refractivity contribution in [2.45, 2.75) is 19.8 Å². The molecule has 0 aliphatic heterocycles. The topological polar surface area (TPSA) is 97.8 Å². The van der Waals surface area contributed by atoms with Crippen molar-refractivity contribution in [3.8, 4) is 32.7 Å². The number of aryl methyl sites for hydroxylation is 2. The van der Waals surface area contributed by atoms with Crippen molar-refractivity contribution >= 4 is 17.0 Å². The number of fused-ring (bicyclic) bond motifs is 1. The molecule has 0 atom stereocenters. The van der Waals surface area contributed by atoms with Crippen LogP contribution in [-0.2, 0) is 6.42 Å². The Morgan fingerprint density at radius 1 is 1.10 bits per heavy atom. The number of imidazole rings is 1. The third kappa shape index (κ3) is 3.30. The maximum absolute atomic E-state index is 5.69. The minimum atomic E-state index is 0.682. The summed E-state index contributed by atoms with van der Waals surface area (Å²) in [4.78, 5) is 13.9. The van der Waals surface area contributed by atoms with E-state index < -0.39 is 0 Å². The Balaban J connectivity index is 1.69. The Morgan fingerprint density at radius 3 is 2.73 bits per heavy atom. The van der Waals surface area contributed by atoms with Crippen LogP contribution in [0.4, 0.5) is 0 Å². The highest BCUT2D eigenvalue weighted by molar-refractivity contribution is 7.18. The highest BCUT2D eigenvalue weighted by Gasteiger charge is 2.21. The molecular formula is C22H21N7S. The zero-order valence-electron chi connectivity index (χ0n) is 16.5. The van der Waals surface area contributed by atoms with E-state index in [9.17, 15) is 0 Å². The van der Waals surface area contributed by atoms with Crippen LogP contribution in [0.15, 0.2) is 55.0 Å². The fraction of sp³-hybridized carbons (Fsp3) is 0.182. The van der Waals surface area contributed by atoms with E-state index in [1.165, 1.54) is 5.56 Å². The highest BCUT2D eigenvalue weighted by atomic mass is 32.1. The largest absolute Gasteiger partial charge is 0.330 e. The molecular weight excluding hydrogens is 394 g/mol. The molecule has 0 amide bonds. The number of nitrogens with two attached hydrogens (primary N) is 1. The van der Waals surface area contributed by atoms with Gasteiger partial charge >= 0.3 is 0 Å². The lowest BCUT2D eigenvalue weighted by molar-refractivity contribution is 0.827. The van der Waals surface area contributed by atoms with Crippen LogP contribution in [0.2, 0.25) is 0 Å². The first-order valence-electron chi connectivity index (χ1n) is 9.85. The Kier molecular flexibility index (Phi) is 4.86. The number of nitrogens with one attached hydrogen (secondary N) is 1. The number of benzene rings is 1. The number of aromatic nitrogens is 6. The van der Waals surface area contributed by atoms with E-state index in [1.807, 2.05) is 25.1 Å². The summed E-state index contributed by atoms with van der Waals surface area (Å²) in [5.41, 5.74) is 11.7. The van der Waals surface area contributed by atoms with Crippen LogP contribution < -0.4 is 5.73 Å². The lowest BCUT2D eigenvalue weighted by Gasteiger charge is -2.04. The maximum atomic E-state index is 5.69. The third-order valence-electron chi connectivity index (χ3n) is 5.03. The summed E-state index contributed by atoms with van der Waals surface area (Å²) in [5, 5.41) is 9.09. The number of thiazole rings is 1. The maximum Gasteiger partial charge on any atom is 0.173 e. The number of rotatable bonds is 6. The fourth-order valence-electron chi connectivity index (χ4n) is 3.61. The lowest BCUT2D eigenvalue weighted by Crippen LogP contribution is -2.01. The van der Waals surface area contributed by atoms with Crippen LogP contribution in [0.1, 0.15) is 17.7 Å². The zero-order valence-corrected chi connectivity index (χ0v) is 17.4. The second-order valence-electron chi connectivity index (χ2n) is 7.10. The van der Waals surface area contributed by atoms with Crippen molar-refractivity contribution in [3.63, 3.8) is 0 Å². The molecule has 0 aliphatic rings. The van der Waals surface area contributed by atoms with Gasteiger partial charge < -0.3 is 10.7 Å². The first-order valence-corrected chi connectivity index (χ1v) is 10.7. The summed E-state index contributed by atoms with van der Waals surface area (Å²) in [6.45, 7) is 2.71. The zero-order chi connectivity index (χ0) is 20.5. The molecule has 0 saturated carbocycles. The normalized spacial score (nSPS) is 11.4.